The van der Waals surface area contributed by atoms with E-state index in [1.165, 1.54) is 25.3 Å². The number of carbonyl (C=O) groups is 2. The van der Waals surface area contributed by atoms with Crippen molar-refractivity contribution in [1.82, 2.24) is 4.90 Å². The van der Waals surface area contributed by atoms with Gasteiger partial charge < -0.3 is 24.5 Å². The fourth-order valence-electron chi connectivity index (χ4n) is 3.37. The number of anilines is 2. The summed E-state index contributed by atoms with van der Waals surface area (Å²) in [6, 6.07) is 12.2. The van der Waals surface area contributed by atoms with Gasteiger partial charge in [0.05, 0.1) is 18.5 Å². The Bertz CT molecular complexity index is 876. The minimum Gasteiger partial charge on any atom is -0.496 e. The van der Waals surface area contributed by atoms with E-state index in [1.54, 1.807) is 11.9 Å². The Balaban J connectivity index is 1.89. The molecule has 0 spiro atoms. The molecule has 1 aliphatic heterocycles. The number of amides is 1. The first-order valence-corrected chi connectivity index (χ1v) is 9.14. The van der Waals surface area contributed by atoms with Crippen molar-refractivity contribution in [3.8, 4) is 5.75 Å². The van der Waals surface area contributed by atoms with Gasteiger partial charge in [-0.1, -0.05) is 12.1 Å². The smallest absolute Gasteiger partial charge is 0.339 e. The number of rotatable bonds is 5. The van der Waals surface area contributed by atoms with Gasteiger partial charge in [-0.2, -0.15) is 0 Å². The lowest BCUT2D eigenvalue weighted by atomic mass is 10.1. The Kier molecular flexibility index (Phi) is 5.84. The van der Waals surface area contributed by atoms with Gasteiger partial charge in [-0.3, -0.25) is 4.79 Å². The van der Waals surface area contributed by atoms with E-state index in [-0.39, 0.29) is 17.2 Å². The second kappa shape index (κ2) is 8.31. The van der Waals surface area contributed by atoms with Crippen LogP contribution in [0.5, 0.6) is 5.75 Å². The molecule has 1 amide bonds. The van der Waals surface area contributed by atoms with Gasteiger partial charge in [-0.15, -0.1) is 0 Å². The molecule has 0 aromatic heterocycles. The van der Waals surface area contributed by atoms with Crippen LogP contribution in [0.2, 0.25) is 0 Å². The number of benzene rings is 2. The Labute approximate surface area is 164 Å². The molecule has 0 aliphatic carbocycles. The van der Waals surface area contributed by atoms with Crippen molar-refractivity contribution in [1.29, 1.82) is 0 Å². The fraction of sp³-hybridized carbons (Fsp3) is 0.333. The fourth-order valence-corrected chi connectivity index (χ4v) is 3.37. The van der Waals surface area contributed by atoms with E-state index in [0.717, 1.165) is 37.6 Å². The summed E-state index contributed by atoms with van der Waals surface area (Å²) in [5, 5.41) is 9.23. The van der Waals surface area contributed by atoms with Crippen LogP contribution in [0.3, 0.4) is 0 Å². The first-order chi connectivity index (χ1) is 13.4. The Morgan fingerprint density at radius 2 is 1.75 bits per heavy atom. The van der Waals surface area contributed by atoms with Crippen molar-refractivity contribution in [2.24, 2.45) is 0 Å². The Hall–Kier alpha value is -3.06. The number of methoxy groups -OCH3 is 1. The molecule has 0 saturated carbocycles. The summed E-state index contributed by atoms with van der Waals surface area (Å²) < 4.78 is 5.15. The van der Waals surface area contributed by atoms with E-state index in [0.29, 0.717) is 5.56 Å². The largest absolute Gasteiger partial charge is 0.496 e. The normalized spacial score (nSPS) is 14.6. The molecule has 28 heavy (non-hydrogen) atoms. The van der Waals surface area contributed by atoms with Crippen LogP contribution in [0.25, 0.3) is 0 Å². The van der Waals surface area contributed by atoms with Gasteiger partial charge in [-0.25, -0.2) is 4.79 Å². The van der Waals surface area contributed by atoms with Crippen LogP contribution in [0, 0.1) is 0 Å². The molecule has 0 radical (unpaired) electrons. The molecule has 0 bridgehead atoms. The van der Waals surface area contributed by atoms with E-state index in [2.05, 4.69) is 16.8 Å². The SMILES string of the molecule is COc1cc(C(=O)N(C)c2ccccc2N2CCN(C)CC2)ccc1C(=O)O. The summed E-state index contributed by atoms with van der Waals surface area (Å²) in [7, 11) is 5.23. The summed E-state index contributed by atoms with van der Waals surface area (Å²) in [6.07, 6.45) is 0. The van der Waals surface area contributed by atoms with Gasteiger partial charge in [0.25, 0.3) is 5.91 Å². The maximum absolute atomic E-state index is 13.1. The van der Waals surface area contributed by atoms with Crippen LogP contribution in [0.1, 0.15) is 20.7 Å². The van der Waals surface area contributed by atoms with E-state index in [9.17, 15) is 14.7 Å². The third kappa shape index (κ3) is 3.94. The third-order valence-corrected chi connectivity index (χ3v) is 5.07. The maximum atomic E-state index is 13.1. The van der Waals surface area contributed by atoms with Crippen molar-refractivity contribution in [3.05, 3.63) is 53.6 Å². The standard InChI is InChI=1S/C21H25N3O4/c1-22-10-12-24(13-11-22)18-7-5-4-6-17(18)23(2)20(25)15-8-9-16(21(26)27)19(14-15)28-3/h4-9,14H,10-13H2,1-3H3,(H,26,27). The summed E-state index contributed by atoms with van der Waals surface area (Å²) in [5.74, 6) is -1.15. The summed E-state index contributed by atoms with van der Waals surface area (Å²) in [6.45, 7) is 3.74. The molecule has 1 aliphatic rings. The van der Waals surface area contributed by atoms with Crippen molar-refractivity contribution >= 4 is 23.3 Å². The molecule has 1 fully saturated rings. The van der Waals surface area contributed by atoms with E-state index in [4.69, 9.17) is 4.74 Å². The number of carboxylic acid groups (broad SMARTS) is 1. The lowest BCUT2D eigenvalue weighted by molar-refractivity contribution is 0.0692. The van der Waals surface area contributed by atoms with E-state index < -0.39 is 5.97 Å². The molecule has 2 aromatic rings. The quantitative estimate of drug-likeness (QED) is 0.855. The number of likely N-dealkylation sites (N-methyl/N-ethyl adjacent to an activating group) is 1. The van der Waals surface area contributed by atoms with Gasteiger partial charge in [-0.05, 0) is 37.4 Å². The second-order valence-corrected chi connectivity index (χ2v) is 6.86. The summed E-state index contributed by atoms with van der Waals surface area (Å²) >= 11 is 0. The van der Waals surface area contributed by atoms with Crippen molar-refractivity contribution < 1.29 is 19.4 Å². The first-order valence-electron chi connectivity index (χ1n) is 9.14. The summed E-state index contributed by atoms with van der Waals surface area (Å²) in [5.41, 5.74) is 2.23. The molecule has 2 aromatic carbocycles. The number of aromatic carboxylic acids is 1. The van der Waals surface area contributed by atoms with Crippen LogP contribution in [-0.2, 0) is 0 Å². The minimum absolute atomic E-state index is 0.0274. The number of hydrogen-bond donors (Lipinski definition) is 1. The molecular weight excluding hydrogens is 358 g/mol. The molecule has 148 valence electrons. The van der Waals surface area contributed by atoms with Crippen molar-refractivity contribution in [2.75, 3.05) is 57.2 Å². The average Bonchev–Trinajstić information content (AvgIpc) is 2.72. The molecule has 1 heterocycles. The van der Waals surface area contributed by atoms with Gasteiger partial charge in [0, 0.05) is 38.8 Å². The molecule has 0 atom stereocenters. The number of piperazine rings is 1. The lowest BCUT2D eigenvalue weighted by Gasteiger charge is -2.36. The third-order valence-electron chi connectivity index (χ3n) is 5.07. The van der Waals surface area contributed by atoms with E-state index >= 15 is 0 Å². The highest BCUT2D eigenvalue weighted by Gasteiger charge is 2.23. The first kappa shape index (κ1) is 19.7. The summed E-state index contributed by atoms with van der Waals surface area (Å²) in [4.78, 5) is 30.5. The van der Waals surface area contributed by atoms with E-state index in [1.807, 2.05) is 24.3 Å². The zero-order chi connectivity index (χ0) is 20.3. The zero-order valence-corrected chi connectivity index (χ0v) is 16.4. The number of hydrogen-bond acceptors (Lipinski definition) is 5. The molecule has 1 saturated heterocycles. The highest BCUT2D eigenvalue weighted by atomic mass is 16.5. The minimum atomic E-state index is -1.09. The average molecular weight is 383 g/mol. The lowest BCUT2D eigenvalue weighted by Crippen LogP contribution is -2.45. The molecule has 1 N–H and O–H groups in total. The number of para-hydroxylation sites is 2. The molecular formula is C21H25N3O4. The molecule has 3 rings (SSSR count). The number of nitrogens with zero attached hydrogens (tertiary/aromatic N) is 3. The second-order valence-electron chi connectivity index (χ2n) is 6.86. The van der Waals surface area contributed by atoms with Crippen LogP contribution in [-0.4, -0.2) is 69.3 Å². The van der Waals surface area contributed by atoms with Crippen LogP contribution < -0.4 is 14.5 Å². The highest BCUT2D eigenvalue weighted by molar-refractivity contribution is 6.08. The molecule has 0 unspecified atom stereocenters. The highest BCUT2D eigenvalue weighted by Crippen LogP contribution is 2.31. The maximum Gasteiger partial charge on any atom is 0.339 e. The monoisotopic (exact) mass is 383 g/mol. The van der Waals surface area contributed by atoms with Crippen molar-refractivity contribution in [2.45, 2.75) is 0 Å². The topological polar surface area (TPSA) is 73.3 Å². The van der Waals surface area contributed by atoms with Crippen LogP contribution >= 0.6 is 0 Å². The zero-order valence-electron chi connectivity index (χ0n) is 16.4. The van der Waals surface area contributed by atoms with Gasteiger partial charge in [0.2, 0.25) is 0 Å². The number of carboxylic acids is 1. The van der Waals surface area contributed by atoms with Crippen LogP contribution in [0.4, 0.5) is 11.4 Å². The Morgan fingerprint density at radius 3 is 2.39 bits per heavy atom. The molecule has 7 nitrogen and oxygen atoms in total. The number of ether oxygens (including phenoxy) is 1. The van der Waals surface area contributed by atoms with Gasteiger partial charge in [0.15, 0.2) is 0 Å². The predicted octanol–water partition coefficient (Wildman–Crippen LogP) is 2.42. The van der Waals surface area contributed by atoms with Gasteiger partial charge in [0.1, 0.15) is 11.3 Å². The Morgan fingerprint density at radius 1 is 1.07 bits per heavy atom. The number of carbonyl (C=O) groups excluding carboxylic acids is 1. The van der Waals surface area contributed by atoms with Gasteiger partial charge >= 0.3 is 5.97 Å². The van der Waals surface area contributed by atoms with Crippen LogP contribution in [0.15, 0.2) is 42.5 Å². The predicted molar refractivity (Wildman–Crippen MR) is 109 cm³/mol. The molecule has 7 heteroatoms. The van der Waals surface area contributed by atoms with Crippen molar-refractivity contribution in [3.63, 3.8) is 0 Å².